The standard InChI is InChI=1S/C11H8N6.BrH/c1-2-7-13-10(5-1)11-14-16-17(15-11)9-4-3-6-12-8-9;/h1-8H;1H. The third kappa shape index (κ3) is 2.40. The molecule has 0 spiro atoms. The molecule has 90 valence electrons. The minimum Gasteiger partial charge on any atom is -0.262 e. The van der Waals surface area contributed by atoms with E-state index in [1.54, 1.807) is 18.6 Å². The van der Waals surface area contributed by atoms with Crippen molar-refractivity contribution in [3.63, 3.8) is 0 Å². The molecule has 0 amide bonds. The summed E-state index contributed by atoms with van der Waals surface area (Å²) in [6.45, 7) is 0. The first-order chi connectivity index (χ1) is 8.43. The first kappa shape index (κ1) is 12.3. The molecule has 0 saturated carbocycles. The molecule has 0 aliphatic carbocycles. The lowest BCUT2D eigenvalue weighted by atomic mass is 10.3. The predicted molar refractivity (Wildman–Crippen MR) is 70.5 cm³/mol. The topological polar surface area (TPSA) is 69.4 Å². The molecule has 0 aliphatic heterocycles. The zero-order valence-electron chi connectivity index (χ0n) is 9.21. The van der Waals surface area contributed by atoms with Crippen LogP contribution in [0.5, 0.6) is 0 Å². The fourth-order valence-electron chi connectivity index (χ4n) is 1.39. The smallest absolute Gasteiger partial charge is 0.223 e. The monoisotopic (exact) mass is 304 g/mol. The number of aromatic nitrogens is 6. The normalized spacial score (nSPS) is 9.78. The van der Waals surface area contributed by atoms with E-state index >= 15 is 0 Å². The van der Waals surface area contributed by atoms with Crippen molar-refractivity contribution in [1.29, 1.82) is 0 Å². The highest BCUT2D eigenvalue weighted by Gasteiger charge is 2.07. The van der Waals surface area contributed by atoms with Crippen molar-refractivity contribution in [3.8, 4) is 17.2 Å². The van der Waals surface area contributed by atoms with Gasteiger partial charge in [0.25, 0.3) is 0 Å². The largest absolute Gasteiger partial charge is 0.262 e. The summed E-state index contributed by atoms with van der Waals surface area (Å²) in [6.07, 6.45) is 5.06. The summed E-state index contributed by atoms with van der Waals surface area (Å²) in [5.41, 5.74) is 1.46. The molecule has 3 rings (SSSR count). The summed E-state index contributed by atoms with van der Waals surface area (Å²) in [6, 6.07) is 9.24. The Hall–Kier alpha value is -2.15. The van der Waals surface area contributed by atoms with E-state index in [0.29, 0.717) is 11.5 Å². The van der Waals surface area contributed by atoms with Crippen molar-refractivity contribution < 1.29 is 0 Å². The van der Waals surface area contributed by atoms with Gasteiger partial charge < -0.3 is 0 Å². The van der Waals surface area contributed by atoms with Gasteiger partial charge in [0.2, 0.25) is 5.82 Å². The molecule has 7 heteroatoms. The van der Waals surface area contributed by atoms with Gasteiger partial charge in [-0.25, -0.2) is 0 Å². The number of halogens is 1. The minimum atomic E-state index is 0. The average Bonchev–Trinajstić information content (AvgIpc) is 2.90. The van der Waals surface area contributed by atoms with Gasteiger partial charge in [0, 0.05) is 12.4 Å². The van der Waals surface area contributed by atoms with E-state index in [0.717, 1.165) is 5.69 Å². The SMILES string of the molecule is Br.c1ccc(-c2nnn(-c3cccnc3)n2)nc1. The Kier molecular flexibility index (Phi) is 3.73. The van der Waals surface area contributed by atoms with Crippen molar-refractivity contribution >= 4 is 17.0 Å². The Morgan fingerprint density at radius 2 is 1.94 bits per heavy atom. The number of tetrazole rings is 1. The maximum Gasteiger partial charge on any atom is 0.223 e. The third-order valence-corrected chi connectivity index (χ3v) is 2.18. The van der Waals surface area contributed by atoms with E-state index in [2.05, 4.69) is 25.4 Å². The van der Waals surface area contributed by atoms with Gasteiger partial charge in [-0.1, -0.05) is 6.07 Å². The van der Waals surface area contributed by atoms with Crippen LogP contribution >= 0.6 is 17.0 Å². The van der Waals surface area contributed by atoms with Gasteiger partial charge in [-0.15, -0.1) is 32.0 Å². The van der Waals surface area contributed by atoms with Crippen LogP contribution in [-0.2, 0) is 0 Å². The summed E-state index contributed by atoms with van der Waals surface area (Å²) in [7, 11) is 0. The lowest BCUT2D eigenvalue weighted by Crippen LogP contribution is -1.99. The lowest BCUT2D eigenvalue weighted by molar-refractivity contribution is 0.717. The van der Waals surface area contributed by atoms with Gasteiger partial charge >= 0.3 is 0 Å². The number of rotatable bonds is 2. The van der Waals surface area contributed by atoms with Crippen molar-refractivity contribution in [2.75, 3.05) is 0 Å². The maximum atomic E-state index is 4.24. The van der Waals surface area contributed by atoms with Crippen LogP contribution in [0.25, 0.3) is 17.2 Å². The fraction of sp³-hybridized carbons (Fsp3) is 0. The Labute approximate surface area is 113 Å². The van der Waals surface area contributed by atoms with E-state index in [1.807, 2.05) is 30.3 Å². The van der Waals surface area contributed by atoms with Crippen LogP contribution in [0.1, 0.15) is 0 Å². The zero-order valence-corrected chi connectivity index (χ0v) is 10.9. The van der Waals surface area contributed by atoms with Crippen molar-refractivity contribution in [2.24, 2.45) is 0 Å². The van der Waals surface area contributed by atoms with E-state index in [9.17, 15) is 0 Å². The molecule has 18 heavy (non-hydrogen) atoms. The molecule has 3 aromatic rings. The van der Waals surface area contributed by atoms with Gasteiger partial charge in [-0.3, -0.25) is 9.97 Å². The van der Waals surface area contributed by atoms with Crippen LogP contribution in [0.3, 0.4) is 0 Å². The van der Waals surface area contributed by atoms with Crippen molar-refractivity contribution in [1.82, 2.24) is 30.2 Å². The fourth-order valence-corrected chi connectivity index (χ4v) is 1.39. The number of nitrogens with zero attached hydrogens (tertiary/aromatic N) is 6. The van der Waals surface area contributed by atoms with Crippen LogP contribution in [-0.4, -0.2) is 30.2 Å². The van der Waals surface area contributed by atoms with Crippen molar-refractivity contribution in [3.05, 3.63) is 48.9 Å². The average molecular weight is 305 g/mol. The molecule has 0 aromatic carbocycles. The maximum absolute atomic E-state index is 4.24. The van der Waals surface area contributed by atoms with Gasteiger partial charge in [-0.2, -0.15) is 0 Å². The molecule has 0 bridgehead atoms. The van der Waals surface area contributed by atoms with Crippen LogP contribution < -0.4 is 0 Å². The summed E-state index contributed by atoms with van der Waals surface area (Å²) in [5, 5.41) is 12.2. The highest BCUT2D eigenvalue weighted by atomic mass is 79.9. The zero-order chi connectivity index (χ0) is 11.5. The van der Waals surface area contributed by atoms with E-state index in [-0.39, 0.29) is 17.0 Å². The summed E-state index contributed by atoms with van der Waals surface area (Å²) >= 11 is 0. The molecular weight excluding hydrogens is 296 g/mol. The quantitative estimate of drug-likeness (QED) is 0.720. The highest BCUT2D eigenvalue weighted by Crippen LogP contribution is 2.10. The molecule has 3 heterocycles. The number of hydrogen-bond acceptors (Lipinski definition) is 5. The van der Waals surface area contributed by atoms with Crippen molar-refractivity contribution in [2.45, 2.75) is 0 Å². The Morgan fingerprint density at radius 1 is 1.00 bits per heavy atom. The van der Waals surface area contributed by atoms with Crippen LogP contribution in [0, 0.1) is 0 Å². The van der Waals surface area contributed by atoms with Gasteiger partial charge in [0.15, 0.2) is 0 Å². The van der Waals surface area contributed by atoms with E-state index in [4.69, 9.17) is 0 Å². The van der Waals surface area contributed by atoms with Gasteiger partial charge in [0.1, 0.15) is 11.4 Å². The summed E-state index contributed by atoms with van der Waals surface area (Å²) in [4.78, 5) is 9.59. The van der Waals surface area contributed by atoms with Crippen LogP contribution in [0.4, 0.5) is 0 Å². The molecule has 0 fully saturated rings. The third-order valence-electron chi connectivity index (χ3n) is 2.18. The lowest BCUT2D eigenvalue weighted by Gasteiger charge is -1.95. The van der Waals surface area contributed by atoms with Gasteiger partial charge in [-0.05, 0) is 29.5 Å². The Balaban J connectivity index is 0.00000120. The molecule has 0 saturated heterocycles. The first-order valence-electron chi connectivity index (χ1n) is 5.05. The second-order valence-corrected chi connectivity index (χ2v) is 3.33. The van der Waals surface area contributed by atoms with Gasteiger partial charge in [0.05, 0.1) is 6.20 Å². The second-order valence-electron chi connectivity index (χ2n) is 3.33. The minimum absolute atomic E-state index is 0. The predicted octanol–water partition coefficient (Wildman–Crippen LogP) is 1.70. The molecule has 0 radical (unpaired) electrons. The summed E-state index contributed by atoms with van der Waals surface area (Å²) in [5.74, 6) is 0.495. The van der Waals surface area contributed by atoms with E-state index < -0.39 is 0 Å². The molecular formula is C11H9BrN6. The Bertz CT molecular complexity index is 556. The molecule has 0 unspecified atom stereocenters. The van der Waals surface area contributed by atoms with E-state index in [1.165, 1.54) is 4.80 Å². The highest BCUT2D eigenvalue weighted by molar-refractivity contribution is 8.93. The summed E-state index contributed by atoms with van der Waals surface area (Å²) < 4.78 is 0. The molecule has 0 atom stereocenters. The molecule has 0 N–H and O–H groups in total. The van der Waals surface area contributed by atoms with Crippen LogP contribution in [0.2, 0.25) is 0 Å². The second kappa shape index (κ2) is 5.46. The Morgan fingerprint density at radius 3 is 2.67 bits per heavy atom. The molecule has 0 aliphatic rings. The molecule has 6 nitrogen and oxygen atoms in total. The first-order valence-corrected chi connectivity index (χ1v) is 5.05. The molecule has 3 aromatic heterocycles. The number of pyridine rings is 2. The van der Waals surface area contributed by atoms with Crippen LogP contribution in [0.15, 0.2) is 48.9 Å². The number of hydrogen-bond donors (Lipinski definition) is 0.